The van der Waals surface area contributed by atoms with Crippen molar-refractivity contribution in [2.75, 3.05) is 0 Å². The Morgan fingerprint density at radius 2 is 1.25 bits per heavy atom. The van der Waals surface area contributed by atoms with E-state index in [0.29, 0.717) is 11.4 Å². The van der Waals surface area contributed by atoms with Gasteiger partial charge < -0.3 is 4.57 Å². The average molecular weight is 504 g/mol. The van der Waals surface area contributed by atoms with Crippen molar-refractivity contribution < 1.29 is 8.78 Å². The van der Waals surface area contributed by atoms with Crippen LogP contribution in [0.3, 0.4) is 0 Å². The van der Waals surface area contributed by atoms with Crippen LogP contribution >= 0.6 is 31.9 Å². The number of hydrogen-bond acceptors (Lipinski definition) is 1. The van der Waals surface area contributed by atoms with E-state index in [1.54, 1.807) is 0 Å². The lowest BCUT2D eigenvalue weighted by Crippen LogP contribution is -1.96. The molecular formula is C22H14Br2F2N2. The van der Waals surface area contributed by atoms with Gasteiger partial charge in [-0.05, 0) is 42.5 Å². The minimum absolute atomic E-state index is 0.517. The first-order valence-corrected chi connectivity index (χ1v) is 10.1. The third kappa shape index (κ3) is 3.54. The molecule has 0 amide bonds. The lowest BCUT2D eigenvalue weighted by atomic mass is 10.0. The molecule has 2 nitrogen and oxygen atoms in total. The van der Waals surface area contributed by atoms with E-state index in [9.17, 15) is 8.78 Å². The highest BCUT2D eigenvalue weighted by molar-refractivity contribution is 9.10. The molecule has 0 saturated carbocycles. The van der Waals surface area contributed by atoms with Gasteiger partial charge in [0.2, 0.25) is 0 Å². The first kappa shape index (κ1) is 19.0. The Bertz CT molecular complexity index is 1150. The Hall–Kier alpha value is -2.31. The summed E-state index contributed by atoms with van der Waals surface area (Å²) in [6, 6.07) is 19.6. The van der Waals surface area contributed by atoms with Gasteiger partial charge in [-0.2, -0.15) is 0 Å². The lowest BCUT2D eigenvalue weighted by molar-refractivity contribution is 0.509. The molecule has 0 N–H and O–H groups in total. The highest BCUT2D eigenvalue weighted by atomic mass is 79.9. The first-order chi connectivity index (χ1) is 13.4. The summed E-state index contributed by atoms with van der Waals surface area (Å²) in [4.78, 5) is 4.80. The summed E-state index contributed by atoms with van der Waals surface area (Å²) in [5.74, 6) is -1.20. The molecule has 4 aromatic rings. The number of nitrogens with zero attached hydrogens (tertiary/aromatic N) is 2. The molecule has 0 spiro atoms. The van der Waals surface area contributed by atoms with Gasteiger partial charge in [-0.3, -0.25) is 0 Å². The van der Waals surface area contributed by atoms with Crippen molar-refractivity contribution in [3.05, 3.63) is 87.3 Å². The molecule has 6 heteroatoms. The molecule has 0 aliphatic carbocycles. The number of halogens is 4. The maximum atomic E-state index is 13.8. The van der Waals surface area contributed by atoms with Gasteiger partial charge in [-0.15, -0.1) is 0 Å². The van der Waals surface area contributed by atoms with Gasteiger partial charge in [-0.25, -0.2) is 13.8 Å². The zero-order chi connectivity index (χ0) is 19.8. The summed E-state index contributed by atoms with van der Waals surface area (Å²) < 4.78 is 31.1. The summed E-state index contributed by atoms with van der Waals surface area (Å²) in [6.07, 6.45) is 0. The second-order valence-electron chi connectivity index (χ2n) is 6.33. The molecule has 0 aliphatic rings. The molecular weight excluding hydrogens is 490 g/mol. The van der Waals surface area contributed by atoms with Crippen molar-refractivity contribution in [2.24, 2.45) is 7.05 Å². The SMILES string of the molecule is Cn1c(-c2ccc(F)c(F)c2)nc(-c2ccc(Br)cc2)c1-c1ccc(Br)cc1. The first-order valence-electron chi connectivity index (χ1n) is 8.48. The molecule has 140 valence electrons. The monoisotopic (exact) mass is 502 g/mol. The molecule has 0 unspecified atom stereocenters. The van der Waals surface area contributed by atoms with E-state index in [-0.39, 0.29) is 0 Å². The minimum atomic E-state index is -0.893. The molecule has 1 heterocycles. The van der Waals surface area contributed by atoms with Crippen molar-refractivity contribution in [3.8, 4) is 33.9 Å². The Balaban J connectivity index is 1.96. The highest BCUT2D eigenvalue weighted by Crippen LogP contribution is 2.36. The summed E-state index contributed by atoms with van der Waals surface area (Å²) in [5.41, 5.74) is 4.10. The van der Waals surface area contributed by atoms with Crippen LogP contribution in [-0.4, -0.2) is 9.55 Å². The summed E-state index contributed by atoms with van der Waals surface area (Å²) in [6.45, 7) is 0. The van der Waals surface area contributed by atoms with E-state index in [1.807, 2.05) is 60.1 Å². The number of hydrogen-bond donors (Lipinski definition) is 0. The lowest BCUT2D eigenvalue weighted by Gasteiger charge is -2.09. The van der Waals surface area contributed by atoms with Crippen LogP contribution in [0.1, 0.15) is 0 Å². The van der Waals surface area contributed by atoms with Crippen molar-refractivity contribution in [3.63, 3.8) is 0 Å². The Morgan fingerprint density at radius 3 is 1.82 bits per heavy atom. The van der Waals surface area contributed by atoms with Gasteiger partial charge in [-0.1, -0.05) is 56.1 Å². The quantitative estimate of drug-likeness (QED) is 0.288. The molecule has 0 aliphatic heterocycles. The summed E-state index contributed by atoms with van der Waals surface area (Å²) >= 11 is 6.91. The average Bonchev–Trinajstić information content (AvgIpc) is 3.02. The van der Waals surface area contributed by atoms with Crippen LogP contribution in [0.5, 0.6) is 0 Å². The van der Waals surface area contributed by atoms with Crippen LogP contribution < -0.4 is 0 Å². The second kappa shape index (κ2) is 7.60. The fraction of sp³-hybridized carbons (Fsp3) is 0.0455. The smallest absolute Gasteiger partial charge is 0.159 e. The number of benzene rings is 3. The largest absolute Gasteiger partial charge is 0.327 e. The predicted octanol–water partition coefficient (Wildman–Crippen LogP) is 7.22. The Morgan fingerprint density at radius 1 is 0.714 bits per heavy atom. The molecule has 0 saturated heterocycles. The second-order valence-corrected chi connectivity index (χ2v) is 8.17. The van der Waals surface area contributed by atoms with Gasteiger partial charge in [0, 0.05) is 32.7 Å². The van der Waals surface area contributed by atoms with E-state index >= 15 is 0 Å². The third-order valence-electron chi connectivity index (χ3n) is 4.51. The summed E-state index contributed by atoms with van der Waals surface area (Å²) in [7, 11) is 1.88. The van der Waals surface area contributed by atoms with Crippen molar-refractivity contribution >= 4 is 31.9 Å². The maximum absolute atomic E-state index is 13.8. The van der Waals surface area contributed by atoms with Crippen molar-refractivity contribution in [2.45, 2.75) is 0 Å². The van der Waals surface area contributed by atoms with E-state index in [0.717, 1.165) is 37.5 Å². The van der Waals surface area contributed by atoms with Gasteiger partial charge in [0.15, 0.2) is 11.6 Å². The number of imidazole rings is 1. The van der Waals surface area contributed by atoms with Crippen LogP contribution in [0.4, 0.5) is 8.78 Å². The van der Waals surface area contributed by atoms with Crippen LogP contribution in [0, 0.1) is 11.6 Å². The van der Waals surface area contributed by atoms with Gasteiger partial charge in [0.05, 0.1) is 11.4 Å². The van der Waals surface area contributed by atoms with Crippen LogP contribution in [0.2, 0.25) is 0 Å². The summed E-state index contributed by atoms with van der Waals surface area (Å²) in [5, 5.41) is 0. The third-order valence-corrected chi connectivity index (χ3v) is 5.57. The van der Waals surface area contributed by atoms with E-state index in [1.165, 1.54) is 12.1 Å². The molecule has 0 atom stereocenters. The topological polar surface area (TPSA) is 17.8 Å². The van der Waals surface area contributed by atoms with Crippen LogP contribution in [-0.2, 0) is 7.05 Å². The van der Waals surface area contributed by atoms with Crippen molar-refractivity contribution in [1.82, 2.24) is 9.55 Å². The molecule has 0 fully saturated rings. The van der Waals surface area contributed by atoms with Gasteiger partial charge >= 0.3 is 0 Å². The van der Waals surface area contributed by atoms with Gasteiger partial charge in [0.1, 0.15) is 5.82 Å². The van der Waals surface area contributed by atoms with Crippen LogP contribution in [0.25, 0.3) is 33.9 Å². The molecule has 0 bridgehead atoms. The van der Waals surface area contributed by atoms with E-state index < -0.39 is 11.6 Å². The maximum Gasteiger partial charge on any atom is 0.159 e. The molecule has 4 rings (SSSR count). The molecule has 0 radical (unpaired) electrons. The van der Waals surface area contributed by atoms with Crippen molar-refractivity contribution in [1.29, 1.82) is 0 Å². The normalized spacial score (nSPS) is 11.0. The number of rotatable bonds is 3. The zero-order valence-electron chi connectivity index (χ0n) is 14.8. The Kier molecular flexibility index (Phi) is 5.17. The predicted molar refractivity (Wildman–Crippen MR) is 115 cm³/mol. The highest BCUT2D eigenvalue weighted by Gasteiger charge is 2.20. The molecule has 3 aromatic carbocycles. The van der Waals surface area contributed by atoms with Gasteiger partial charge in [0.25, 0.3) is 0 Å². The van der Waals surface area contributed by atoms with E-state index in [4.69, 9.17) is 4.98 Å². The minimum Gasteiger partial charge on any atom is -0.327 e. The van der Waals surface area contributed by atoms with E-state index in [2.05, 4.69) is 31.9 Å². The standard InChI is InChI=1S/C22H14Br2F2N2/c1-28-21(14-4-9-17(24)10-5-14)20(13-2-7-16(23)8-3-13)27-22(28)15-6-11-18(25)19(26)12-15/h2-12H,1H3. The van der Waals surface area contributed by atoms with Crippen LogP contribution in [0.15, 0.2) is 75.7 Å². The zero-order valence-corrected chi connectivity index (χ0v) is 17.9. The fourth-order valence-corrected chi connectivity index (χ4v) is 3.67. The molecule has 1 aromatic heterocycles. The number of aromatic nitrogens is 2. The molecule has 28 heavy (non-hydrogen) atoms. The fourth-order valence-electron chi connectivity index (χ4n) is 3.14. The Labute approximate surface area is 178 Å².